The maximum atomic E-state index is 12.2. The summed E-state index contributed by atoms with van der Waals surface area (Å²) in [5.74, 6) is -0.216. The molecule has 2 heterocycles. The maximum Gasteiger partial charge on any atom is 0.321 e. The van der Waals surface area contributed by atoms with E-state index < -0.39 is 15.7 Å². The van der Waals surface area contributed by atoms with Crippen LogP contribution in [0.3, 0.4) is 0 Å². The fourth-order valence-electron chi connectivity index (χ4n) is 2.11. The molecule has 0 unspecified atom stereocenters. The van der Waals surface area contributed by atoms with Crippen molar-refractivity contribution in [1.82, 2.24) is 10.2 Å². The van der Waals surface area contributed by atoms with Crippen molar-refractivity contribution in [3.8, 4) is 0 Å². The number of hydrogen-bond acceptors (Lipinski definition) is 6. The Balaban J connectivity index is 0.00000176. The van der Waals surface area contributed by atoms with Gasteiger partial charge in [0.1, 0.15) is 0 Å². The first-order valence-electron chi connectivity index (χ1n) is 5.98. The van der Waals surface area contributed by atoms with Crippen LogP contribution in [-0.4, -0.2) is 24.5 Å². The Morgan fingerprint density at radius 1 is 1.32 bits per heavy atom. The Hall–Kier alpha value is -1.79. The molecule has 1 aromatic heterocycles. The van der Waals surface area contributed by atoms with E-state index in [4.69, 9.17) is 4.42 Å². The van der Waals surface area contributed by atoms with Crippen molar-refractivity contribution in [2.24, 2.45) is 0 Å². The number of carbonyl (C=O) groups is 1. The number of carbonyl (C=O) groups excluding carboxylic acids is 1. The summed E-state index contributed by atoms with van der Waals surface area (Å²) in [7, 11) is -3.50. The molecule has 2 aromatic rings. The molecule has 1 aliphatic rings. The summed E-state index contributed by atoms with van der Waals surface area (Å²) < 4.78 is 28.9. The smallest absolute Gasteiger partial charge is 0.321 e. The molecule has 0 aliphatic carbocycles. The van der Waals surface area contributed by atoms with Crippen molar-refractivity contribution in [3.05, 3.63) is 40.1 Å². The fraction of sp³-hybridized carbons (Fsp3) is 0.154. The second kappa shape index (κ2) is 5.77. The van der Waals surface area contributed by atoms with Crippen LogP contribution in [0.25, 0.3) is 6.08 Å². The van der Waals surface area contributed by atoms with E-state index in [1.807, 2.05) is 0 Å². The number of sulfone groups is 1. The molecule has 0 fully saturated rings. The van der Waals surface area contributed by atoms with Gasteiger partial charge in [0.2, 0.25) is 11.8 Å². The topological polar surface area (TPSA) is 102 Å². The molecular formula is C13H10N3O4SW-. The van der Waals surface area contributed by atoms with Crippen molar-refractivity contribution in [2.75, 3.05) is 5.32 Å². The summed E-state index contributed by atoms with van der Waals surface area (Å²) in [4.78, 5) is 12.3. The quantitative estimate of drug-likeness (QED) is 0.644. The third-order valence-corrected chi connectivity index (χ3v) is 4.64. The molecule has 0 bridgehead atoms. The van der Waals surface area contributed by atoms with E-state index in [-0.39, 0.29) is 37.5 Å². The zero-order chi connectivity index (χ0) is 15.2. The van der Waals surface area contributed by atoms with Gasteiger partial charge in [-0.2, -0.15) is 0 Å². The van der Waals surface area contributed by atoms with Crippen LogP contribution >= 0.6 is 0 Å². The van der Waals surface area contributed by atoms with Gasteiger partial charge in [-0.15, -0.1) is 34.4 Å². The number of aromatic nitrogens is 2. The van der Waals surface area contributed by atoms with E-state index >= 15 is 0 Å². The van der Waals surface area contributed by atoms with Gasteiger partial charge in [-0.3, -0.25) is 10.1 Å². The van der Waals surface area contributed by atoms with Gasteiger partial charge in [0.05, 0.1) is 0 Å². The van der Waals surface area contributed by atoms with Crippen LogP contribution in [0.5, 0.6) is 0 Å². The van der Waals surface area contributed by atoms with Crippen molar-refractivity contribution in [2.45, 2.75) is 18.7 Å². The van der Waals surface area contributed by atoms with Crippen LogP contribution in [-0.2, 0) is 30.9 Å². The van der Waals surface area contributed by atoms with E-state index in [9.17, 15) is 13.2 Å². The van der Waals surface area contributed by atoms with E-state index in [1.54, 1.807) is 13.8 Å². The van der Waals surface area contributed by atoms with Crippen LogP contribution in [0.15, 0.2) is 20.8 Å². The molecule has 3 rings (SSSR count). The largest absolute Gasteiger partial charge is 0.408 e. The van der Waals surface area contributed by atoms with Crippen LogP contribution in [0.1, 0.15) is 27.4 Å². The van der Waals surface area contributed by atoms with E-state index in [0.717, 1.165) is 5.41 Å². The minimum Gasteiger partial charge on any atom is -0.408 e. The standard InChI is InChI=1S/C13H10N3O4S.W/c1-7-10(12(17)14-13-16-15-8(2)20-13)4-3-9-5-6-21(18,19)11(7)9;/h4-6H,1-2H3,(H,14,16,17);/q-1;. The van der Waals surface area contributed by atoms with Gasteiger partial charge in [-0.25, -0.2) is 8.42 Å². The zero-order valence-electron chi connectivity index (χ0n) is 11.6. The average molecular weight is 488 g/mol. The predicted octanol–water partition coefficient (Wildman–Crippen LogP) is 1.49. The molecule has 0 spiro atoms. The first kappa shape index (κ1) is 16.6. The molecule has 7 nitrogen and oxygen atoms in total. The molecule has 0 saturated heterocycles. The Morgan fingerprint density at radius 3 is 2.68 bits per heavy atom. The van der Waals surface area contributed by atoms with Crippen LogP contribution in [0.4, 0.5) is 6.01 Å². The number of fused-ring (bicyclic) bond motifs is 1. The number of hydrogen-bond donors (Lipinski definition) is 1. The predicted molar refractivity (Wildman–Crippen MR) is 73.2 cm³/mol. The van der Waals surface area contributed by atoms with E-state index in [2.05, 4.69) is 21.6 Å². The van der Waals surface area contributed by atoms with Crippen molar-refractivity contribution in [1.29, 1.82) is 0 Å². The molecule has 114 valence electrons. The van der Waals surface area contributed by atoms with Crippen LogP contribution < -0.4 is 5.32 Å². The Bertz CT molecular complexity index is 887. The molecule has 0 atom stereocenters. The van der Waals surface area contributed by atoms with Gasteiger partial charge < -0.3 is 4.42 Å². The minimum absolute atomic E-state index is 0. The maximum absolute atomic E-state index is 12.2. The van der Waals surface area contributed by atoms with Gasteiger partial charge in [-0.1, -0.05) is 12.0 Å². The fourth-order valence-corrected chi connectivity index (χ4v) is 3.53. The van der Waals surface area contributed by atoms with Gasteiger partial charge in [-0.05, 0) is 15.9 Å². The first-order chi connectivity index (χ1) is 9.88. The number of anilines is 1. The number of rotatable bonds is 2. The monoisotopic (exact) mass is 488 g/mol. The molecule has 0 radical (unpaired) electrons. The molecular weight excluding hydrogens is 478 g/mol. The number of benzene rings is 1. The number of amides is 1. The first-order valence-corrected chi connectivity index (χ1v) is 7.53. The van der Waals surface area contributed by atoms with E-state index in [0.29, 0.717) is 17.0 Å². The number of nitrogens with zero attached hydrogens (tertiary/aromatic N) is 2. The van der Waals surface area contributed by atoms with Crippen LogP contribution in [0, 0.1) is 19.9 Å². The summed E-state index contributed by atoms with van der Waals surface area (Å²) in [6.45, 7) is 3.17. The normalized spacial score (nSPS) is 14.3. The summed E-state index contributed by atoms with van der Waals surface area (Å²) >= 11 is 0. The Kier molecular flexibility index (Phi) is 4.35. The molecule has 0 saturated carbocycles. The summed E-state index contributed by atoms with van der Waals surface area (Å²) in [5.41, 5.74) is 1.01. The van der Waals surface area contributed by atoms with Gasteiger partial charge in [0, 0.05) is 28.0 Å². The summed E-state index contributed by atoms with van der Waals surface area (Å²) in [6.07, 6.45) is 1.46. The van der Waals surface area contributed by atoms with E-state index in [1.165, 1.54) is 12.1 Å². The molecule has 1 N–H and O–H groups in total. The SMILES string of the molecule is Cc1nnc(NC(=O)c2c[c-]c3c(c2C)S(=O)(=O)C=C3)o1.[W]. The second-order valence-electron chi connectivity index (χ2n) is 4.50. The molecule has 1 aromatic carbocycles. The van der Waals surface area contributed by atoms with Crippen molar-refractivity contribution < 1.29 is 38.7 Å². The Morgan fingerprint density at radius 2 is 2.05 bits per heavy atom. The van der Waals surface area contributed by atoms with Gasteiger partial charge in [0.25, 0.3) is 0 Å². The zero-order valence-corrected chi connectivity index (χ0v) is 15.3. The average Bonchev–Trinajstić information content (AvgIpc) is 2.94. The van der Waals surface area contributed by atoms with Gasteiger partial charge in [0.15, 0.2) is 9.84 Å². The Labute approximate surface area is 141 Å². The molecule has 9 heteroatoms. The van der Waals surface area contributed by atoms with Crippen molar-refractivity contribution >= 4 is 27.8 Å². The summed E-state index contributed by atoms with van der Waals surface area (Å²) in [5, 5.41) is 10.8. The number of nitrogens with one attached hydrogen (secondary N) is 1. The summed E-state index contributed by atoms with van der Waals surface area (Å²) in [6, 6.07) is 4.19. The molecule has 1 amide bonds. The van der Waals surface area contributed by atoms with Crippen LogP contribution in [0.2, 0.25) is 0 Å². The molecule has 1 aliphatic heterocycles. The van der Waals surface area contributed by atoms with Crippen molar-refractivity contribution in [3.63, 3.8) is 0 Å². The second-order valence-corrected chi connectivity index (χ2v) is 6.27. The minimum atomic E-state index is -3.50. The third-order valence-electron chi connectivity index (χ3n) is 3.05. The van der Waals surface area contributed by atoms with Gasteiger partial charge >= 0.3 is 6.01 Å². The molecule has 22 heavy (non-hydrogen) atoms. The number of aryl methyl sites for hydroxylation is 1. The third kappa shape index (κ3) is 2.76.